The van der Waals surface area contributed by atoms with Crippen LogP contribution in [0, 0.1) is 0 Å². The maximum Gasteiger partial charge on any atom is 0.106 e. The van der Waals surface area contributed by atoms with Gasteiger partial charge in [0, 0.05) is 6.54 Å². The van der Waals surface area contributed by atoms with E-state index >= 15 is 0 Å². The molecule has 19 heavy (non-hydrogen) atoms. The third-order valence-electron chi connectivity index (χ3n) is 3.73. The number of aliphatic hydroxyl groups excluding tert-OH is 2. The van der Waals surface area contributed by atoms with Crippen molar-refractivity contribution in [3.8, 4) is 0 Å². The van der Waals surface area contributed by atoms with Crippen LogP contribution in [0.5, 0.6) is 0 Å². The average Bonchev–Trinajstić information content (AvgIpc) is 2.35. The summed E-state index contributed by atoms with van der Waals surface area (Å²) in [5.41, 5.74) is 0. The minimum atomic E-state index is -0.557. The molecule has 3 nitrogen and oxygen atoms in total. The zero-order valence-corrected chi connectivity index (χ0v) is 13.3. The van der Waals surface area contributed by atoms with E-state index in [-0.39, 0.29) is 0 Å². The minimum Gasteiger partial charge on any atom is -0.379 e. The molecule has 0 saturated carbocycles. The fraction of sp³-hybridized carbons (Fsp3) is 1.00. The first-order valence-electron chi connectivity index (χ1n) is 8.21. The van der Waals surface area contributed by atoms with E-state index in [9.17, 15) is 10.2 Å². The van der Waals surface area contributed by atoms with Crippen molar-refractivity contribution in [1.29, 1.82) is 0 Å². The molecule has 0 saturated heterocycles. The molecule has 0 radical (unpaired) electrons. The fourth-order valence-electron chi connectivity index (χ4n) is 2.47. The summed E-state index contributed by atoms with van der Waals surface area (Å²) in [6.07, 6.45) is 12.0. The zero-order chi connectivity index (χ0) is 14.5. The van der Waals surface area contributed by atoms with Gasteiger partial charge < -0.3 is 10.2 Å². The Hall–Kier alpha value is -0.120. The second-order valence-corrected chi connectivity index (χ2v) is 5.68. The second-order valence-electron chi connectivity index (χ2n) is 5.68. The van der Waals surface area contributed by atoms with E-state index in [0.29, 0.717) is 0 Å². The molecule has 0 bridgehead atoms. The Labute approximate surface area is 120 Å². The maximum atomic E-state index is 9.49. The molecule has 0 spiro atoms. The number of aliphatic hydroxyl groups is 2. The van der Waals surface area contributed by atoms with Crippen molar-refractivity contribution in [2.24, 2.45) is 0 Å². The Morgan fingerprint density at radius 3 is 1.42 bits per heavy atom. The lowest BCUT2D eigenvalue weighted by Gasteiger charge is -2.27. The molecule has 0 aromatic heterocycles. The highest BCUT2D eigenvalue weighted by molar-refractivity contribution is 4.59. The Morgan fingerprint density at radius 2 is 1.05 bits per heavy atom. The molecule has 0 aromatic rings. The van der Waals surface area contributed by atoms with Crippen LogP contribution >= 0.6 is 0 Å². The van der Waals surface area contributed by atoms with Gasteiger partial charge >= 0.3 is 0 Å². The normalized spacial score (nSPS) is 14.8. The van der Waals surface area contributed by atoms with Gasteiger partial charge in [-0.2, -0.15) is 0 Å². The Balaban J connectivity index is 3.30. The van der Waals surface area contributed by atoms with E-state index in [1.165, 1.54) is 57.8 Å². The van der Waals surface area contributed by atoms with Gasteiger partial charge in [-0.3, -0.25) is 4.90 Å². The minimum absolute atomic E-state index is 0.557. The Kier molecular flexibility index (Phi) is 12.8. The zero-order valence-electron chi connectivity index (χ0n) is 13.3. The average molecular weight is 273 g/mol. The molecule has 0 heterocycles. The molecule has 0 aliphatic rings. The summed E-state index contributed by atoms with van der Waals surface area (Å²) >= 11 is 0. The van der Waals surface area contributed by atoms with Crippen molar-refractivity contribution in [1.82, 2.24) is 4.90 Å². The monoisotopic (exact) mass is 273 g/mol. The van der Waals surface area contributed by atoms with Crippen molar-refractivity contribution in [2.75, 3.05) is 6.54 Å². The van der Waals surface area contributed by atoms with Crippen LogP contribution < -0.4 is 0 Å². The van der Waals surface area contributed by atoms with E-state index in [1.54, 1.807) is 18.7 Å². The van der Waals surface area contributed by atoms with Crippen LogP contribution in [0.15, 0.2) is 0 Å². The molecule has 0 aliphatic heterocycles. The lowest BCUT2D eigenvalue weighted by molar-refractivity contribution is -0.0844. The highest BCUT2D eigenvalue weighted by Gasteiger charge is 2.14. The maximum absolute atomic E-state index is 9.49. The van der Waals surface area contributed by atoms with Gasteiger partial charge in [0.1, 0.15) is 12.5 Å². The summed E-state index contributed by atoms with van der Waals surface area (Å²) < 4.78 is 0. The summed E-state index contributed by atoms with van der Waals surface area (Å²) in [6, 6.07) is 0. The van der Waals surface area contributed by atoms with Crippen molar-refractivity contribution >= 4 is 0 Å². The number of hydrogen-bond donors (Lipinski definition) is 2. The first-order valence-corrected chi connectivity index (χ1v) is 8.21. The van der Waals surface area contributed by atoms with Crippen LogP contribution in [0.2, 0.25) is 0 Å². The van der Waals surface area contributed by atoms with Gasteiger partial charge in [-0.25, -0.2) is 0 Å². The van der Waals surface area contributed by atoms with Crippen molar-refractivity contribution in [3.63, 3.8) is 0 Å². The molecule has 0 fully saturated rings. The quantitative estimate of drug-likeness (QED) is 0.395. The fourth-order valence-corrected chi connectivity index (χ4v) is 2.47. The number of unbranched alkanes of at least 4 members (excludes halogenated alkanes) is 9. The highest BCUT2D eigenvalue weighted by Crippen LogP contribution is 2.11. The molecule has 2 atom stereocenters. The summed E-state index contributed by atoms with van der Waals surface area (Å²) in [6.45, 7) is 6.46. The molecule has 2 N–H and O–H groups in total. The Bertz CT molecular complexity index is 176. The first kappa shape index (κ1) is 18.9. The van der Waals surface area contributed by atoms with Gasteiger partial charge in [-0.15, -0.1) is 0 Å². The Morgan fingerprint density at radius 1 is 0.684 bits per heavy atom. The lowest BCUT2D eigenvalue weighted by Crippen LogP contribution is -2.40. The molecular formula is C16H35NO2. The molecule has 0 rings (SSSR count). The molecular weight excluding hydrogens is 238 g/mol. The van der Waals surface area contributed by atoms with Gasteiger partial charge in [-0.1, -0.05) is 64.7 Å². The van der Waals surface area contributed by atoms with E-state index < -0.39 is 12.5 Å². The molecule has 0 amide bonds. The number of nitrogens with zero attached hydrogens (tertiary/aromatic N) is 1. The standard InChI is InChI=1S/C16H35NO2/c1-4-5-6-7-8-9-10-11-12-13-14-17(15(2)18)16(3)19/h15-16,18-19H,4-14H2,1-3H3. The van der Waals surface area contributed by atoms with E-state index in [2.05, 4.69) is 6.92 Å². The van der Waals surface area contributed by atoms with E-state index in [1.807, 2.05) is 0 Å². The van der Waals surface area contributed by atoms with Gasteiger partial charge in [-0.05, 0) is 20.3 Å². The highest BCUT2D eigenvalue weighted by atomic mass is 16.3. The lowest BCUT2D eigenvalue weighted by atomic mass is 10.1. The largest absolute Gasteiger partial charge is 0.379 e. The number of rotatable bonds is 13. The summed E-state index contributed by atoms with van der Waals surface area (Å²) in [5.74, 6) is 0. The van der Waals surface area contributed by atoms with Crippen LogP contribution in [0.25, 0.3) is 0 Å². The van der Waals surface area contributed by atoms with E-state index in [0.717, 1.165) is 13.0 Å². The molecule has 116 valence electrons. The molecule has 2 unspecified atom stereocenters. The van der Waals surface area contributed by atoms with Gasteiger partial charge in [0.2, 0.25) is 0 Å². The third-order valence-corrected chi connectivity index (χ3v) is 3.73. The first-order chi connectivity index (χ1) is 9.09. The van der Waals surface area contributed by atoms with E-state index in [4.69, 9.17) is 0 Å². The van der Waals surface area contributed by atoms with Crippen LogP contribution in [0.1, 0.15) is 85.0 Å². The summed E-state index contributed by atoms with van der Waals surface area (Å²) in [4.78, 5) is 1.73. The van der Waals surface area contributed by atoms with Crippen molar-refractivity contribution in [2.45, 2.75) is 97.4 Å². The predicted molar refractivity (Wildman–Crippen MR) is 81.9 cm³/mol. The van der Waals surface area contributed by atoms with Crippen LogP contribution in [-0.2, 0) is 0 Å². The topological polar surface area (TPSA) is 43.7 Å². The third kappa shape index (κ3) is 11.4. The van der Waals surface area contributed by atoms with Crippen molar-refractivity contribution < 1.29 is 10.2 Å². The van der Waals surface area contributed by atoms with Crippen LogP contribution in [0.4, 0.5) is 0 Å². The smallest absolute Gasteiger partial charge is 0.106 e. The SMILES string of the molecule is CCCCCCCCCCCCN(C(C)O)C(C)O. The summed E-state index contributed by atoms with van der Waals surface area (Å²) in [5, 5.41) is 19.0. The van der Waals surface area contributed by atoms with Gasteiger partial charge in [0.25, 0.3) is 0 Å². The van der Waals surface area contributed by atoms with Crippen molar-refractivity contribution in [3.05, 3.63) is 0 Å². The number of hydrogen-bond acceptors (Lipinski definition) is 3. The van der Waals surface area contributed by atoms with Crippen LogP contribution in [-0.4, -0.2) is 34.1 Å². The molecule has 0 aromatic carbocycles. The second kappa shape index (κ2) is 12.9. The molecule has 3 heteroatoms. The predicted octanol–water partition coefficient (Wildman–Crippen LogP) is 3.89. The van der Waals surface area contributed by atoms with Gasteiger partial charge in [0.05, 0.1) is 0 Å². The molecule has 0 aliphatic carbocycles. The summed E-state index contributed by atoms with van der Waals surface area (Å²) in [7, 11) is 0. The van der Waals surface area contributed by atoms with Crippen LogP contribution in [0.3, 0.4) is 0 Å². The van der Waals surface area contributed by atoms with Gasteiger partial charge in [0.15, 0.2) is 0 Å².